The SMILES string of the molecule is CCCCOCCOc1ccc(C(=O)Oc2ccc(C#N)cc2)cc1. The lowest BCUT2D eigenvalue weighted by atomic mass is 10.2. The molecule has 0 amide bonds. The van der Waals surface area contributed by atoms with Crippen LogP contribution < -0.4 is 9.47 Å². The summed E-state index contributed by atoms with van der Waals surface area (Å²) in [5.41, 5.74) is 0.941. The average Bonchev–Trinajstić information content (AvgIpc) is 2.65. The summed E-state index contributed by atoms with van der Waals surface area (Å²) < 4.78 is 16.2. The number of hydrogen-bond donors (Lipinski definition) is 0. The number of nitrogens with zero attached hydrogens (tertiary/aromatic N) is 1. The normalized spacial score (nSPS) is 10.1. The van der Waals surface area contributed by atoms with E-state index in [0.29, 0.717) is 35.8 Å². The Kier molecular flexibility index (Phi) is 7.48. The summed E-state index contributed by atoms with van der Waals surface area (Å²) in [6, 6.07) is 15.1. The van der Waals surface area contributed by atoms with Gasteiger partial charge < -0.3 is 14.2 Å². The first-order chi connectivity index (χ1) is 12.2. The molecule has 130 valence electrons. The number of benzene rings is 2. The van der Waals surface area contributed by atoms with Crippen LogP contribution >= 0.6 is 0 Å². The lowest BCUT2D eigenvalue weighted by Crippen LogP contribution is -2.09. The molecular weight excluding hydrogens is 318 g/mol. The van der Waals surface area contributed by atoms with Crippen molar-refractivity contribution in [2.75, 3.05) is 19.8 Å². The highest BCUT2D eigenvalue weighted by atomic mass is 16.5. The van der Waals surface area contributed by atoms with Crippen LogP contribution in [0.3, 0.4) is 0 Å². The molecule has 2 aromatic carbocycles. The second-order valence-electron chi connectivity index (χ2n) is 5.36. The minimum atomic E-state index is -0.459. The lowest BCUT2D eigenvalue weighted by molar-refractivity contribution is 0.0734. The summed E-state index contributed by atoms with van der Waals surface area (Å²) in [6.07, 6.45) is 2.16. The van der Waals surface area contributed by atoms with Crippen LogP contribution in [0.5, 0.6) is 11.5 Å². The van der Waals surface area contributed by atoms with E-state index in [0.717, 1.165) is 19.4 Å². The molecule has 0 aliphatic heterocycles. The van der Waals surface area contributed by atoms with E-state index >= 15 is 0 Å². The van der Waals surface area contributed by atoms with Crippen LogP contribution in [-0.2, 0) is 4.74 Å². The van der Waals surface area contributed by atoms with Crippen LogP contribution in [0.2, 0.25) is 0 Å². The number of carbonyl (C=O) groups excluding carboxylic acids is 1. The minimum Gasteiger partial charge on any atom is -0.491 e. The predicted molar refractivity (Wildman–Crippen MR) is 93.8 cm³/mol. The molecule has 0 saturated heterocycles. The molecule has 0 unspecified atom stereocenters. The number of carbonyl (C=O) groups is 1. The van der Waals surface area contributed by atoms with Gasteiger partial charge >= 0.3 is 5.97 Å². The van der Waals surface area contributed by atoms with E-state index in [9.17, 15) is 4.79 Å². The molecule has 2 aromatic rings. The number of nitriles is 1. The standard InChI is InChI=1S/C20H21NO4/c1-2-3-12-23-13-14-24-18-10-6-17(7-11-18)20(22)25-19-8-4-16(15-21)5-9-19/h4-11H,2-3,12-14H2,1H3. The molecule has 0 fully saturated rings. The molecule has 0 aromatic heterocycles. The van der Waals surface area contributed by atoms with Gasteiger partial charge in [0.2, 0.25) is 0 Å². The molecule has 5 nitrogen and oxygen atoms in total. The molecule has 0 aliphatic rings. The van der Waals surface area contributed by atoms with E-state index in [-0.39, 0.29) is 0 Å². The fraction of sp³-hybridized carbons (Fsp3) is 0.300. The van der Waals surface area contributed by atoms with Crippen LogP contribution in [0, 0.1) is 11.3 Å². The number of esters is 1. The van der Waals surface area contributed by atoms with Crippen molar-refractivity contribution in [3.8, 4) is 17.6 Å². The molecule has 0 atom stereocenters. The number of ether oxygens (including phenoxy) is 3. The first-order valence-electron chi connectivity index (χ1n) is 8.26. The fourth-order valence-corrected chi connectivity index (χ4v) is 2.02. The summed E-state index contributed by atoms with van der Waals surface area (Å²) >= 11 is 0. The summed E-state index contributed by atoms with van der Waals surface area (Å²) in [5, 5.41) is 8.75. The summed E-state index contributed by atoms with van der Waals surface area (Å²) in [4.78, 5) is 12.1. The fourth-order valence-electron chi connectivity index (χ4n) is 2.02. The lowest BCUT2D eigenvalue weighted by Gasteiger charge is -2.08. The Hall–Kier alpha value is -2.84. The quantitative estimate of drug-likeness (QED) is 0.393. The smallest absolute Gasteiger partial charge is 0.343 e. The molecular formula is C20H21NO4. The van der Waals surface area contributed by atoms with E-state index in [1.54, 1.807) is 48.5 Å². The highest BCUT2D eigenvalue weighted by Gasteiger charge is 2.09. The van der Waals surface area contributed by atoms with E-state index in [1.807, 2.05) is 6.07 Å². The third kappa shape index (κ3) is 6.28. The molecule has 0 heterocycles. The van der Waals surface area contributed by atoms with Crippen molar-refractivity contribution in [1.29, 1.82) is 5.26 Å². The van der Waals surface area contributed by atoms with Crippen molar-refractivity contribution in [2.24, 2.45) is 0 Å². The number of rotatable bonds is 9. The zero-order chi connectivity index (χ0) is 17.9. The highest BCUT2D eigenvalue weighted by molar-refractivity contribution is 5.91. The first kappa shape index (κ1) is 18.5. The van der Waals surface area contributed by atoms with Gasteiger partial charge in [-0.15, -0.1) is 0 Å². The van der Waals surface area contributed by atoms with E-state index in [2.05, 4.69) is 6.92 Å². The highest BCUT2D eigenvalue weighted by Crippen LogP contribution is 2.16. The topological polar surface area (TPSA) is 68.6 Å². The molecule has 0 spiro atoms. The monoisotopic (exact) mass is 339 g/mol. The minimum absolute atomic E-state index is 0.397. The van der Waals surface area contributed by atoms with Gasteiger partial charge in [-0.25, -0.2) is 4.79 Å². The molecule has 2 rings (SSSR count). The second kappa shape index (κ2) is 10.1. The molecule has 0 aliphatic carbocycles. The Morgan fingerprint density at radius 1 is 0.960 bits per heavy atom. The van der Waals surface area contributed by atoms with Gasteiger partial charge in [0.25, 0.3) is 0 Å². The zero-order valence-electron chi connectivity index (χ0n) is 14.2. The van der Waals surface area contributed by atoms with Crippen LogP contribution in [0.15, 0.2) is 48.5 Å². The number of hydrogen-bond acceptors (Lipinski definition) is 5. The Balaban J connectivity index is 1.80. The van der Waals surface area contributed by atoms with Gasteiger partial charge in [0.15, 0.2) is 0 Å². The van der Waals surface area contributed by atoms with Gasteiger partial charge in [-0.05, 0) is 55.0 Å². The molecule has 0 saturated carbocycles. The maximum Gasteiger partial charge on any atom is 0.343 e. The predicted octanol–water partition coefficient (Wildman–Crippen LogP) is 3.97. The first-order valence-corrected chi connectivity index (χ1v) is 8.26. The van der Waals surface area contributed by atoms with E-state index in [4.69, 9.17) is 19.5 Å². The maximum absolute atomic E-state index is 12.1. The van der Waals surface area contributed by atoms with Crippen LogP contribution in [0.25, 0.3) is 0 Å². The Labute approximate surface area is 147 Å². The maximum atomic E-state index is 12.1. The summed E-state index contributed by atoms with van der Waals surface area (Å²) in [7, 11) is 0. The van der Waals surface area contributed by atoms with E-state index in [1.165, 1.54) is 0 Å². The van der Waals surface area contributed by atoms with Crippen molar-refractivity contribution in [3.63, 3.8) is 0 Å². The van der Waals surface area contributed by atoms with Gasteiger partial charge in [-0.3, -0.25) is 0 Å². The van der Waals surface area contributed by atoms with Gasteiger partial charge in [0.1, 0.15) is 18.1 Å². The summed E-state index contributed by atoms with van der Waals surface area (Å²) in [5.74, 6) is 0.613. The molecule has 5 heteroatoms. The van der Waals surface area contributed by atoms with Crippen molar-refractivity contribution in [3.05, 3.63) is 59.7 Å². The van der Waals surface area contributed by atoms with Gasteiger partial charge in [0, 0.05) is 6.61 Å². The zero-order valence-corrected chi connectivity index (χ0v) is 14.2. The summed E-state index contributed by atoms with van der Waals surface area (Å²) in [6.45, 7) is 3.88. The Morgan fingerprint density at radius 3 is 2.28 bits per heavy atom. The largest absolute Gasteiger partial charge is 0.491 e. The Bertz CT molecular complexity index is 702. The van der Waals surface area contributed by atoms with Crippen molar-refractivity contribution in [1.82, 2.24) is 0 Å². The van der Waals surface area contributed by atoms with Gasteiger partial charge in [0.05, 0.1) is 23.8 Å². The molecule has 0 bridgehead atoms. The van der Waals surface area contributed by atoms with Crippen molar-refractivity contribution < 1.29 is 19.0 Å². The average molecular weight is 339 g/mol. The third-order valence-corrected chi connectivity index (χ3v) is 3.42. The van der Waals surface area contributed by atoms with Crippen molar-refractivity contribution in [2.45, 2.75) is 19.8 Å². The van der Waals surface area contributed by atoms with Crippen LogP contribution in [0.4, 0.5) is 0 Å². The van der Waals surface area contributed by atoms with E-state index < -0.39 is 5.97 Å². The molecule has 0 N–H and O–H groups in total. The molecule has 25 heavy (non-hydrogen) atoms. The third-order valence-electron chi connectivity index (χ3n) is 3.42. The van der Waals surface area contributed by atoms with Gasteiger partial charge in [-0.2, -0.15) is 5.26 Å². The molecule has 0 radical (unpaired) electrons. The van der Waals surface area contributed by atoms with Gasteiger partial charge in [-0.1, -0.05) is 13.3 Å². The van der Waals surface area contributed by atoms with Crippen molar-refractivity contribution >= 4 is 5.97 Å². The van der Waals surface area contributed by atoms with Crippen LogP contribution in [0.1, 0.15) is 35.7 Å². The van der Waals surface area contributed by atoms with Crippen LogP contribution in [-0.4, -0.2) is 25.8 Å². The number of unbranched alkanes of at least 4 members (excludes halogenated alkanes) is 1. The second-order valence-corrected chi connectivity index (χ2v) is 5.36. The Morgan fingerprint density at radius 2 is 1.64 bits per heavy atom.